The predicted molar refractivity (Wildman–Crippen MR) is 133 cm³/mol. The molecule has 5 aliphatic rings. The van der Waals surface area contributed by atoms with Crippen LogP contribution >= 0.6 is 0 Å². The zero-order valence-electron chi connectivity index (χ0n) is 19.7. The average molecular weight is 453 g/mol. The van der Waals surface area contributed by atoms with Gasteiger partial charge in [-0.1, -0.05) is 18.2 Å². The molecule has 1 saturated heterocycles. The van der Waals surface area contributed by atoms with Crippen LogP contribution in [-0.2, 0) is 0 Å². The van der Waals surface area contributed by atoms with Gasteiger partial charge in [0.05, 0.1) is 16.8 Å². The number of aromatic nitrogens is 2. The first-order valence-corrected chi connectivity index (χ1v) is 13.0. The molecule has 5 nitrogen and oxygen atoms in total. The van der Waals surface area contributed by atoms with Crippen LogP contribution in [-0.4, -0.2) is 57.4 Å². The van der Waals surface area contributed by atoms with E-state index in [2.05, 4.69) is 14.8 Å². The number of carbonyl (C=O) groups excluding carboxylic acids is 1. The number of pyridine rings is 2. The van der Waals surface area contributed by atoms with E-state index in [1.807, 2.05) is 48.7 Å². The van der Waals surface area contributed by atoms with Gasteiger partial charge in [0.15, 0.2) is 0 Å². The smallest absolute Gasteiger partial charge is 0.254 e. The van der Waals surface area contributed by atoms with Crippen molar-refractivity contribution in [3.63, 3.8) is 0 Å². The number of hydrogen-bond donors (Lipinski definition) is 0. The monoisotopic (exact) mass is 452 g/mol. The molecule has 1 aliphatic heterocycles. The first kappa shape index (κ1) is 20.6. The van der Waals surface area contributed by atoms with Gasteiger partial charge in [-0.25, -0.2) is 4.98 Å². The lowest BCUT2D eigenvalue weighted by atomic mass is 9.52. The summed E-state index contributed by atoms with van der Waals surface area (Å²) < 4.78 is 0. The zero-order chi connectivity index (χ0) is 22.7. The molecule has 0 spiro atoms. The Kier molecular flexibility index (Phi) is 4.77. The molecular formula is C29H32N4O. The molecule has 5 heteroatoms. The van der Waals surface area contributed by atoms with Crippen molar-refractivity contribution in [2.75, 3.05) is 26.2 Å². The topological polar surface area (TPSA) is 49.3 Å². The summed E-state index contributed by atoms with van der Waals surface area (Å²) in [4.78, 5) is 27.8. The van der Waals surface area contributed by atoms with Crippen molar-refractivity contribution in [1.29, 1.82) is 0 Å². The third kappa shape index (κ3) is 3.36. The van der Waals surface area contributed by atoms with Crippen LogP contribution in [0.5, 0.6) is 0 Å². The van der Waals surface area contributed by atoms with Gasteiger partial charge in [-0.2, -0.15) is 0 Å². The van der Waals surface area contributed by atoms with Crippen LogP contribution in [0, 0.1) is 17.8 Å². The van der Waals surface area contributed by atoms with Crippen LogP contribution in [0.4, 0.5) is 0 Å². The fraction of sp³-hybridized carbons (Fsp3) is 0.483. The van der Waals surface area contributed by atoms with Crippen molar-refractivity contribution in [1.82, 2.24) is 19.8 Å². The predicted octanol–water partition coefficient (Wildman–Crippen LogP) is 5.02. The van der Waals surface area contributed by atoms with E-state index in [0.29, 0.717) is 5.54 Å². The van der Waals surface area contributed by atoms with Gasteiger partial charge in [-0.3, -0.25) is 14.7 Å². The van der Waals surface area contributed by atoms with Gasteiger partial charge in [0.1, 0.15) is 0 Å². The maximum absolute atomic E-state index is 13.8. The van der Waals surface area contributed by atoms with Crippen molar-refractivity contribution < 1.29 is 4.79 Å². The molecule has 8 rings (SSSR count). The summed E-state index contributed by atoms with van der Waals surface area (Å²) >= 11 is 0. The number of amides is 1. The lowest BCUT2D eigenvalue weighted by molar-refractivity contribution is -0.0987. The Morgan fingerprint density at radius 1 is 0.882 bits per heavy atom. The standard InChI is InChI=1S/C29H32N4O/c34-28(25-15-27(23-4-3-7-30-19-23)31-26-6-2-1-5-24(25)26)32-8-10-33(11-9-32)29-16-20-12-21(17-29)14-22(13-20)18-29/h1-7,15,19-22H,8-14,16-18H2. The first-order chi connectivity index (χ1) is 16.7. The average Bonchev–Trinajstić information content (AvgIpc) is 2.87. The fourth-order valence-electron chi connectivity index (χ4n) is 8.02. The number of fused-ring (bicyclic) bond motifs is 1. The number of carbonyl (C=O) groups is 1. The Balaban J connectivity index is 1.14. The quantitative estimate of drug-likeness (QED) is 0.560. The minimum Gasteiger partial charge on any atom is -0.336 e. The van der Waals surface area contributed by atoms with Gasteiger partial charge >= 0.3 is 0 Å². The van der Waals surface area contributed by atoms with Crippen LogP contribution in [0.3, 0.4) is 0 Å². The second-order valence-corrected chi connectivity index (χ2v) is 11.2. The first-order valence-electron chi connectivity index (χ1n) is 13.0. The molecule has 0 unspecified atom stereocenters. The van der Waals surface area contributed by atoms with Gasteiger partial charge in [0.25, 0.3) is 5.91 Å². The lowest BCUT2D eigenvalue weighted by Gasteiger charge is -2.61. The van der Waals surface area contributed by atoms with Crippen LogP contribution in [0.15, 0.2) is 54.9 Å². The van der Waals surface area contributed by atoms with Gasteiger partial charge in [-0.05, 0) is 80.5 Å². The molecule has 3 aromatic rings. The van der Waals surface area contributed by atoms with Crippen LogP contribution in [0.25, 0.3) is 22.2 Å². The normalized spacial score (nSPS) is 30.7. The van der Waals surface area contributed by atoms with E-state index in [1.54, 1.807) is 6.20 Å². The van der Waals surface area contributed by atoms with Gasteiger partial charge in [0.2, 0.25) is 0 Å². The highest BCUT2D eigenvalue weighted by Crippen LogP contribution is 2.57. The minimum atomic E-state index is 0.133. The summed E-state index contributed by atoms with van der Waals surface area (Å²) in [5, 5.41) is 0.934. The van der Waals surface area contributed by atoms with Gasteiger partial charge < -0.3 is 4.90 Å². The highest BCUT2D eigenvalue weighted by atomic mass is 16.2. The largest absolute Gasteiger partial charge is 0.336 e. The number of nitrogens with zero attached hydrogens (tertiary/aromatic N) is 4. The molecular weight excluding hydrogens is 420 g/mol. The third-order valence-corrected chi connectivity index (χ3v) is 9.15. The second-order valence-electron chi connectivity index (χ2n) is 11.2. The maximum atomic E-state index is 13.8. The number of para-hydroxylation sites is 1. The van der Waals surface area contributed by atoms with Crippen molar-refractivity contribution in [2.45, 2.75) is 44.1 Å². The molecule has 0 N–H and O–H groups in total. The molecule has 3 heterocycles. The molecule has 0 atom stereocenters. The summed E-state index contributed by atoms with van der Waals surface area (Å²) in [6.45, 7) is 3.66. The van der Waals surface area contributed by atoms with Crippen LogP contribution in [0.1, 0.15) is 48.9 Å². The van der Waals surface area contributed by atoms with Gasteiger partial charge in [0, 0.05) is 55.1 Å². The van der Waals surface area contributed by atoms with E-state index in [1.165, 1.54) is 38.5 Å². The molecule has 4 saturated carbocycles. The summed E-state index contributed by atoms with van der Waals surface area (Å²) in [5.74, 6) is 3.01. The summed E-state index contributed by atoms with van der Waals surface area (Å²) in [6.07, 6.45) is 12.2. The summed E-state index contributed by atoms with van der Waals surface area (Å²) in [6, 6.07) is 13.9. The Hall–Kier alpha value is -2.79. The Labute approximate surface area is 201 Å². The SMILES string of the molecule is O=C(c1cc(-c2cccnc2)nc2ccccc12)N1CCN(C23CC4CC(CC(C4)C2)C3)CC1. The number of rotatable bonds is 3. The maximum Gasteiger partial charge on any atom is 0.254 e. The number of piperazine rings is 1. The molecule has 4 bridgehead atoms. The third-order valence-electron chi connectivity index (χ3n) is 9.15. The van der Waals surface area contributed by atoms with Crippen molar-refractivity contribution in [3.05, 3.63) is 60.4 Å². The lowest BCUT2D eigenvalue weighted by Crippen LogP contribution is -2.64. The minimum absolute atomic E-state index is 0.133. The highest BCUT2D eigenvalue weighted by Gasteiger charge is 2.53. The molecule has 1 amide bonds. The van der Waals surface area contributed by atoms with Gasteiger partial charge in [-0.15, -0.1) is 0 Å². The molecule has 0 radical (unpaired) electrons. The Bertz CT molecular complexity index is 1200. The summed E-state index contributed by atoms with van der Waals surface area (Å²) in [7, 11) is 0. The molecule has 174 valence electrons. The summed E-state index contributed by atoms with van der Waals surface area (Å²) in [5.41, 5.74) is 3.80. The fourth-order valence-corrected chi connectivity index (χ4v) is 8.02. The number of hydrogen-bond acceptors (Lipinski definition) is 4. The van der Waals surface area contributed by atoms with Crippen molar-refractivity contribution in [3.8, 4) is 11.3 Å². The second kappa shape index (κ2) is 7.88. The van der Waals surface area contributed by atoms with E-state index >= 15 is 0 Å². The molecule has 4 aliphatic carbocycles. The van der Waals surface area contributed by atoms with E-state index in [0.717, 1.165) is 71.7 Å². The molecule has 5 fully saturated rings. The van der Waals surface area contributed by atoms with Crippen molar-refractivity contribution in [2.24, 2.45) is 17.8 Å². The Morgan fingerprint density at radius 2 is 1.59 bits per heavy atom. The highest BCUT2D eigenvalue weighted by molar-refractivity contribution is 6.07. The van der Waals surface area contributed by atoms with Crippen LogP contribution < -0.4 is 0 Å². The van der Waals surface area contributed by atoms with E-state index in [4.69, 9.17) is 4.98 Å². The zero-order valence-corrected chi connectivity index (χ0v) is 19.7. The van der Waals surface area contributed by atoms with Crippen LogP contribution in [0.2, 0.25) is 0 Å². The van der Waals surface area contributed by atoms with E-state index in [9.17, 15) is 4.79 Å². The van der Waals surface area contributed by atoms with E-state index < -0.39 is 0 Å². The molecule has 34 heavy (non-hydrogen) atoms. The van der Waals surface area contributed by atoms with Crippen molar-refractivity contribution >= 4 is 16.8 Å². The van der Waals surface area contributed by atoms with E-state index in [-0.39, 0.29) is 5.91 Å². The number of benzene rings is 1. The Morgan fingerprint density at radius 3 is 2.26 bits per heavy atom. The molecule has 1 aromatic carbocycles. The molecule has 2 aromatic heterocycles.